The maximum atomic E-state index is 12.4. The van der Waals surface area contributed by atoms with E-state index in [-0.39, 0.29) is 24.3 Å². The molecule has 1 fully saturated rings. The van der Waals surface area contributed by atoms with E-state index in [2.05, 4.69) is 15.5 Å². The zero-order valence-corrected chi connectivity index (χ0v) is 14.0. The second kappa shape index (κ2) is 9.30. The minimum Gasteiger partial charge on any atom is -0.483 e. The molecule has 3 N–H and O–H groups in total. The van der Waals surface area contributed by atoms with Crippen LogP contribution in [-0.4, -0.2) is 49.4 Å². The Hall–Kier alpha value is -3.23. The Morgan fingerprint density at radius 1 is 1.15 bits per heavy atom. The molecule has 0 unspecified atom stereocenters. The van der Waals surface area contributed by atoms with Crippen molar-refractivity contribution in [1.82, 2.24) is 20.1 Å². The van der Waals surface area contributed by atoms with Crippen LogP contribution in [0.1, 0.15) is 36.0 Å². The summed E-state index contributed by atoms with van der Waals surface area (Å²) in [6, 6.07) is 7.26. The Morgan fingerprint density at radius 3 is 2.35 bits per heavy atom. The maximum absolute atomic E-state index is 12.4. The lowest BCUT2D eigenvalue weighted by atomic mass is 9.86. The van der Waals surface area contributed by atoms with Gasteiger partial charge in [-0.05, 0) is 43.9 Å². The van der Waals surface area contributed by atoms with E-state index >= 15 is 0 Å². The van der Waals surface area contributed by atoms with Crippen molar-refractivity contribution in [2.24, 2.45) is 5.92 Å². The fraction of sp³-hybridized carbons (Fsp3) is 0.353. The van der Waals surface area contributed by atoms with Crippen molar-refractivity contribution in [3.05, 3.63) is 42.5 Å². The Bertz CT molecular complexity index is 739. The number of nitrogens with one attached hydrogen (secondary N) is 1. The number of rotatable bonds is 4. The highest BCUT2D eigenvalue weighted by molar-refractivity contribution is 5.94. The molecule has 1 saturated carbocycles. The third-order valence-corrected chi connectivity index (χ3v) is 4.24. The summed E-state index contributed by atoms with van der Waals surface area (Å²) in [6.07, 6.45) is 5.78. The van der Waals surface area contributed by atoms with Gasteiger partial charge in [0.25, 0.3) is 12.4 Å². The van der Waals surface area contributed by atoms with E-state index in [1.807, 2.05) is 12.1 Å². The molecule has 1 aromatic carbocycles. The standard InChI is InChI=1S/C16H18N4O3.CH2O2/c21-15(19-13-6-4-11(5-7-13)16(22)23)12-2-1-3-14(8-12)20-9-17-18-10-20;2-1-3/h1-3,8-11,13H,4-7H2,(H,19,21)(H,22,23);1H,(H,2,3). The second-order valence-electron chi connectivity index (χ2n) is 5.89. The first kappa shape index (κ1) is 19.1. The highest BCUT2D eigenvalue weighted by atomic mass is 16.4. The molecular weight excluding hydrogens is 340 g/mol. The van der Waals surface area contributed by atoms with Gasteiger partial charge < -0.3 is 15.5 Å². The Balaban J connectivity index is 0.000000758. The number of hydrogen-bond donors (Lipinski definition) is 3. The zero-order chi connectivity index (χ0) is 18.9. The molecule has 26 heavy (non-hydrogen) atoms. The van der Waals surface area contributed by atoms with Crippen molar-refractivity contribution in [2.75, 3.05) is 0 Å². The molecule has 138 valence electrons. The summed E-state index contributed by atoms with van der Waals surface area (Å²) in [5.74, 6) is -1.16. The Morgan fingerprint density at radius 2 is 1.77 bits per heavy atom. The summed E-state index contributed by atoms with van der Waals surface area (Å²) in [5.41, 5.74) is 1.38. The number of carboxylic acids is 1. The molecule has 0 bridgehead atoms. The summed E-state index contributed by atoms with van der Waals surface area (Å²) in [7, 11) is 0. The van der Waals surface area contributed by atoms with Gasteiger partial charge >= 0.3 is 5.97 Å². The molecule has 0 spiro atoms. The van der Waals surface area contributed by atoms with Gasteiger partial charge in [-0.1, -0.05) is 6.07 Å². The topological polar surface area (TPSA) is 134 Å². The molecule has 3 rings (SSSR count). The third kappa shape index (κ3) is 5.13. The van der Waals surface area contributed by atoms with Crippen molar-refractivity contribution in [3.8, 4) is 5.69 Å². The fourth-order valence-corrected chi connectivity index (χ4v) is 2.90. The van der Waals surface area contributed by atoms with Crippen molar-refractivity contribution >= 4 is 18.3 Å². The number of aromatic nitrogens is 3. The van der Waals surface area contributed by atoms with E-state index in [1.54, 1.807) is 29.4 Å². The lowest BCUT2D eigenvalue weighted by Crippen LogP contribution is -2.38. The Kier molecular flexibility index (Phi) is 6.84. The van der Waals surface area contributed by atoms with Gasteiger partial charge in [-0.3, -0.25) is 19.0 Å². The van der Waals surface area contributed by atoms with Gasteiger partial charge in [0.05, 0.1) is 5.92 Å². The maximum Gasteiger partial charge on any atom is 0.306 e. The van der Waals surface area contributed by atoms with Gasteiger partial charge in [0.1, 0.15) is 12.7 Å². The molecular formula is C17H20N4O5. The molecule has 0 atom stereocenters. The van der Waals surface area contributed by atoms with Crippen LogP contribution >= 0.6 is 0 Å². The van der Waals surface area contributed by atoms with Crippen LogP contribution in [0.4, 0.5) is 0 Å². The van der Waals surface area contributed by atoms with Crippen LogP contribution in [0.15, 0.2) is 36.9 Å². The molecule has 1 amide bonds. The fourth-order valence-electron chi connectivity index (χ4n) is 2.90. The van der Waals surface area contributed by atoms with Gasteiger partial charge in [0.15, 0.2) is 0 Å². The lowest BCUT2D eigenvalue weighted by molar-refractivity contribution is -0.142. The van der Waals surface area contributed by atoms with Gasteiger partial charge in [-0.2, -0.15) is 0 Å². The summed E-state index contributed by atoms with van der Waals surface area (Å²) in [4.78, 5) is 31.7. The lowest BCUT2D eigenvalue weighted by Gasteiger charge is -2.26. The van der Waals surface area contributed by atoms with Crippen LogP contribution in [0, 0.1) is 5.92 Å². The number of hydrogen-bond acceptors (Lipinski definition) is 5. The zero-order valence-electron chi connectivity index (χ0n) is 14.0. The molecule has 9 heteroatoms. The second-order valence-corrected chi connectivity index (χ2v) is 5.89. The minimum absolute atomic E-state index is 0.0386. The highest BCUT2D eigenvalue weighted by Crippen LogP contribution is 2.24. The number of nitrogens with zero attached hydrogens (tertiary/aromatic N) is 3. The number of aliphatic carboxylic acids is 1. The predicted molar refractivity (Wildman–Crippen MR) is 90.9 cm³/mol. The number of amides is 1. The van der Waals surface area contributed by atoms with Crippen LogP contribution in [0.25, 0.3) is 5.69 Å². The quantitative estimate of drug-likeness (QED) is 0.700. The van der Waals surface area contributed by atoms with Gasteiger partial charge in [0.2, 0.25) is 0 Å². The van der Waals surface area contributed by atoms with Crippen molar-refractivity contribution in [3.63, 3.8) is 0 Å². The van der Waals surface area contributed by atoms with E-state index in [9.17, 15) is 9.59 Å². The van der Waals surface area contributed by atoms with Crippen LogP contribution in [0.3, 0.4) is 0 Å². The number of carboxylic acid groups (broad SMARTS) is 2. The smallest absolute Gasteiger partial charge is 0.306 e. The first-order valence-corrected chi connectivity index (χ1v) is 8.11. The summed E-state index contributed by atoms with van der Waals surface area (Å²) < 4.78 is 1.73. The molecule has 1 heterocycles. The first-order valence-electron chi connectivity index (χ1n) is 8.11. The van der Waals surface area contributed by atoms with Gasteiger partial charge in [-0.15, -0.1) is 10.2 Å². The van der Waals surface area contributed by atoms with Crippen LogP contribution < -0.4 is 5.32 Å². The molecule has 2 aromatic rings. The van der Waals surface area contributed by atoms with E-state index in [0.29, 0.717) is 31.2 Å². The van der Waals surface area contributed by atoms with Crippen LogP contribution in [0.2, 0.25) is 0 Å². The highest BCUT2D eigenvalue weighted by Gasteiger charge is 2.26. The first-order chi connectivity index (χ1) is 12.5. The van der Waals surface area contributed by atoms with E-state index in [0.717, 1.165) is 5.69 Å². The minimum atomic E-state index is -0.739. The normalized spacial score (nSPS) is 18.9. The van der Waals surface area contributed by atoms with E-state index in [4.69, 9.17) is 15.0 Å². The molecule has 1 aliphatic carbocycles. The van der Waals surface area contributed by atoms with Crippen LogP contribution in [-0.2, 0) is 9.59 Å². The molecule has 1 aliphatic rings. The van der Waals surface area contributed by atoms with E-state index < -0.39 is 5.97 Å². The number of carbonyl (C=O) groups is 3. The monoisotopic (exact) mass is 360 g/mol. The number of carbonyl (C=O) groups excluding carboxylic acids is 1. The number of benzene rings is 1. The van der Waals surface area contributed by atoms with Crippen molar-refractivity contribution in [1.29, 1.82) is 0 Å². The van der Waals surface area contributed by atoms with Crippen molar-refractivity contribution in [2.45, 2.75) is 31.7 Å². The Labute approximate surface area is 149 Å². The summed E-state index contributed by atoms with van der Waals surface area (Å²) in [5, 5.41) is 26.4. The molecule has 9 nitrogen and oxygen atoms in total. The van der Waals surface area contributed by atoms with Crippen molar-refractivity contribution < 1.29 is 24.6 Å². The van der Waals surface area contributed by atoms with Crippen LogP contribution in [0.5, 0.6) is 0 Å². The summed E-state index contributed by atoms with van der Waals surface area (Å²) >= 11 is 0. The molecule has 1 aromatic heterocycles. The largest absolute Gasteiger partial charge is 0.483 e. The average Bonchev–Trinajstić information content (AvgIpc) is 3.18. The molecule has 0 aliphatic heterocycles. The molecule has 0 saturated heterocycles. The average molecular weight is 360 g/mol. The molecule has 0 radical (unpaired) electrons. The van der Waals surface area contributed by atoms with Gasteiger partial charge in [-0.25, -0.2) is 0 Å². The predicted octanol–water partition coefficient (Wildman–Crippen LogP) is 1.34. The van der Waals surface area contributed by atoms with Gasteiger partial charge in [0, 0.05) is 17.3 Å². The SMILES string of the molecule is O=C(NC1CCC(C(=O)O)CC1)c1cccc(-n2cnnc2)c1.O=CO. The third-order valence-electron chi connectivity index (χ3n) is 4.24. The summed E-state index contributed by atoms with van der Waals surface area (Å²) in [6.45, 7) is -0.250. The van der Waals surface area contributed by atoms with E-state index in [1.165, 1.54) is 0 Å².